The molecule has 1 atom stereocenters. The lowest BCUT2D eigenvalue weighted by Gasteiger charge is -2.24. The second-order valence-electron chi connectivity index (χ2n) is 3.50. The van der Waals surface area contributed by atoms with Crippen molar-refractivity contribution in [2.24, 2.45) is 0 Å². The first-order chi connectivity index (χ1) is 7.27. The highest BCUT2D eigenvalue weighted by Crippen LogP contribution is 2.34. The Labute approximate surface area is 97.1 Å². The van der Waals surface area contributed by atoms with Gasteiger partial charge in [0.2, 0.25) is 0 Å². The second-order valence-corrected chi connectivity index (χ2v) is 4.30. The third kappa shape index (κ3) is 2.63. The summed E-state index contributed by atoms with van der Waals surface area (Å²) in [5, 5.41) is 9.46. The molecule has 4 heteroatoms. The molecule has 1 fully saturated rings. The Morgan fingerprint density at radius 3 is 3.00 bits per heavy atom. The van der Waals surface area contributed by atoms with Crippen molar-refractivity contribution in [2.75, 3.05) is 6.61 Å². The zero-order valence-corrected chi connectivity index (χ0v) is 9.87. The van der Waals surface area contributed by atoms with Gasteiger partial charge in [-0.1, -0.05) is 6.07 Å². The topological polar surface area (TPSA) is 38.7 Å². The molecule has 1 aliphatic heterocycles. The maximum atomic E-state index is 9.46. The highest BCUT2D eigenvalue weighted by molar-refractivity contribution is 9.10. The SMILES string of the molecule is Oc1cccc(O[C@@H]2CCCCO2)c1Br. The van der Waals surface area contributed by atoms with Crippen LogP contribution in [-0.4, -0.2) is 18.0 Å². The number of rotatable bonds is 2. The van der Waals surface area contributed by atoms with Crippen LogP contribution in [0, 0.1) is 0 Å². The minimum Gasteiger partial charge on any atom is -0.507 e. The molecule has 0 aliphatic carbocycles. The Morgan fingerprint density at radius 2 is 2.27 bits per heavy atom. The van der Waals surface area contributed by atoms with E-state index in [0.29, 0.717) is 10.2 Å². The summed E-state index contributed by atoms with van der Waals surface area (Å²) in [6.45, 7) is 0.751. The van der Waals surface area contributed by atoms with Crippen LogP contribution in [0.4, 0.5) is 0 Å². The largest absolute Gasteiger partial charge is 0.507 e. The van der Waals surface area contributed by atoms with E-state index in [-0.39, 0.29) is 12.0 Å². The Kier molecular flexibility index (Phi) is 3.49. The first kappa shape index (κ1) is 10.8. The molecule has 0 aromatic heterocycles. The Balaban J connectivity index is 2.06. The van der Waals surface area contributed by atoms with Crippen molar-refractivity contribution in [1.29, 1.82) is 0 Å². The lowest BCUT2D eigenvalue weighted by atomic mass is 10.2. The van der Waals surface area contributed by atoms with Gasteiger partial charge in [0.15, 0.2) is 6.29 Å². The molecule has 1 aromatic carbocycles. The normalized spacial score (nSPS) is 21.3. The van der Waals surface area contributed by atoms with Gasteiger partial charge in [0, 0.05) is 6.42 Å². The maximum absolute atomic E-state index is 9.46. The molecule has 0 bridgehead atoms. The summed E-state index contributed by atoms with van der Waals surface area (Å²) in [7, 11) is 0. The van der Waals surface area contributed by atoms with Gasteiger partial charge in [-0.05, 0) is 40.9 Å². The molecule has 0 radical (unpaired) electrons. The lowest BCUT2D eigenvalue weighted by Crippen LogP contribution is -2.25. The second kappa shape index (κ2) is 4.86. The molecule has 3 nitrogen and oxygen atoms in total. The third-order valence-electron chi connectivity index (χ3n) is 2.34. The zero-order valence-electron chi connectivity index (χ0n) is 8.28. The zero-order chi connectivity index (χ0) is 10.7. The lowest BCUT2D eigenvalue weighted by molar-refractivity contribution is -0.106. The quantitative estimate of drug-likeness (QED) is 0.900. The monoisotopic (exact) mass is 272 g/mol. The molecule has 1 aliphatic rings. The van der Waals surface area contributed by atoms with E-state index in [1.807, 2.05) is 6.07 Å². The van der Waals surface area contributed by atoms with Crippen LogP contribution in [0.2, 0.25) is 0 Å². The first-order valence-electron chi connectivity index (χ1n) is 5.03. The molecular weight excluding hydrogens is 260 g/mol. The van der Waals surface area contributed by atoms with Crippen LogP contribution in [0.15, 0.2) is 22.7 Å². The standard InChI is InChI=1S/C11H13BrO3/c12-11-8(13)4-3-5-9(11)15-10-6-1-2-7-14-10/h3-5,10,13H,1-2,6-7H2/t10-/m1/s1. The van der Waals surface area contributed by atoms with Crippen LogP contribution in [0.1, 0.15) is 19.3 Å². The average Bonchev–Trinajstić information content (AvgIpc) is 2.26. The van der Waals surface area contributed by atoms with Gasteiger partial charge in [0.05, 0.1) is 6.61 Å². The number of phenols is 1. The van der Waals surface area contributed by atoms with Gasteiger partial charge in [0.25, 0.3) is 0 Å². The Morgan fingerprint density at radius 1 is 1.40 bits per heavy atom. The van der Waals surface area contributed by atoms with E-state index >= 15 is 0 Å². The molecule has 0 saturated carbocycles. The molecule has 0 spiro atoms. The van der Waals surface area contributed by atoms with E-state index in [2.05, 4.69) is 15.9 Å². The summed E-state index contributed by atoms with van der Waals surface area (Å²) in [4.78, 5) is 0. The third-order valence-corrected chi connectivity index (χ3v) is 3.14. The summed E-state index contributed by atoms with van der Waals surface area (Å²) in [6, 6.07) is 5.17. The number of aromatic hydroxyl groups is 1. The van der Waals surface area contributed by atoms with Crippen LogP contribution >= 0.6 is 15.9 Å². The Bertz CT molecular complexity index is 335. The predicted molar refractivity (Wildman–Crippen MR) is 60.0 cm³/mol. The molecular formula is C11H13BrO3. The van der Waals surface area contributed by atoms with Gasteiger partial charge >= 0.3 is 0 Å². The molecule has 1 aromatic rings. The van der Waals surface area contributed by atoms with Crippen LogP contribution in [0.5, 0.6) is 11.5 Å². The van der Waals surface area contributed by atoms with E-state index < -0.39 is 0 Å². The number of halogens is 1. The summed E-state index contributed by atoms with van der Waals surface area (Å²) < 4.78 is 11.7. The molecule has 15 heavy (non-hydrogen) atoms. The van der Waals surface area contributed by atoms with E-state index in [0.717, 1.165) is 25.9 Å². The molecule has 0 unspecified atom stereocenters. The van der Waals surface area contributed by atoms with Crippen LogP contribution < -0.4 is 4.74 Å². The van der Waals surface area contributed by atoms with E-state index in [1.54, 1.807) is 12.1 Å². The minimum absolute atomic E-state index is 0.183. The number of ether oxygens (including phenoxy) is 2. The van der Waals surface area contributed by atoms with Crippen molar-refractivity contribution in [3.63, 3.8) is 0 Å². The molecule has 82 valence electrons. The van der Waals surface area contributed by atoms with E-state index in [9.17, 15) is 5.11 Å². The average molecular weight is 273 g/mol. The molecule has 1 N–H and O–H groups in total. The van der Waals surface area contributed by atoms with E-state index in [1.165, 1.54) is 0 Å². The van der Waals surface area contributed by atoms with Gasteiger partial charge in [-0.25, -0.2) is 0 Å². The Hall–Kier alpha value is -0.740. The summed E-state index contributed by atoms with van der Waals surface area (Å²) >= 11 is 3.28. The van der Waals surface area contributed by atoms with Crippen LogP contribution in [0.25, 0.3) is 0 Å². The summed E-state index contributed by atoms with van der Waals surface area (Å²) in [6.07, 6.45) is 2.95. The molecule has 2 rings (SSSR count). The fourth-order valence-corrected chi connectivity index (χ4v) is 1.89. The highest BCUT2D eigenvalue weighted by atomic mass is 79.9. The summed E-state index contributed by atoms with van der Waals surface area (Å²) in [5.41, 5.74) is 0. The number of hydrogen-bond acceptors (Lipinski definition) is 3. The van der Waals surface area contributed by atoms with Gasteiger partial charge in [0.1, 0.15) is 16.0 Å². The van der Waals surface area contributed by atoms with Gasteiger partial charge in [-0.2, -0.15) is 0 Å². The minimum atomic E-state index is -0.183. The van der Waals surface area contributed by atoms with Crippen molar-refractivity contribution in [3.8, 4) is 11.5 Å². The van der Waals surface area contributed by atoms with Crippen molar-refractivity contribution < 1.29 is 14.6 Å². The fourth-order valence-electron chi connectivity index (χ4n) is 1.54. The van der Waals surface area contributed by atoms with Gasteiger partial charge in [-0.3, -0.25) is 0 Å². The predicted octanol–water partition coefficient (Wildman–Crippen LogP) is 3.06. The smallest absolute Gasteiger partial charge is 0.199 e. The van der Waals surface area contributed by atoms with Crippen molar-refractivity contribution in [2.45, 2.75) is 25.6 Å². The van der Waals surface area contributed by atoms with Gasteiger partial charge < -0.3 is 14.6 Å². The number of hydrogen-bond donors (Lipinski definition) is 1. The highest BCUT2D eigenvalue weighted by Gasteiger charge is 2.17. The van der Waals surface area contributed by atoms with Crippen molar-refractivity contribution in [3.05, 3.63) is 22.7 Å². The summed E-state index contributed by atoms with van der Waals surface area (Å²) in [5.74, 6) is 0.810. The maximum Gasteiger partial charge on any atom is 0.199 e. The van der Waals surface area contributed by atoms with Crippen molar-refractivity contribution >= 4 is 15.9 Å². The van der Waals surface area contributed by atoms with Crippen molar-refractivity contribution in [1.82, 2.24) is 0 Å². The first-order valence-corrected chi connectivity index (χ1v) is 5.82. The molecule has 1 heterocycles. The molecule has 1 saturated heterocycles. The van der Waals surface area contributed by atoms with E-state index in [4.69, 9.17) is 9.47 Å². The number of phenolic OH excluding ortho intramolecular Hbond substituents is 1. The van der Waals surface area contributed by atoms with Crippen LogP contribution in [0.3, 0.4) is 0 Å². The van der Waals surface area contributed by atoms with Crippen LogP contribution in [-0.2, 0) is 4.74 Å². The fraction of sp³-hybridized carbons (Fsp3) is 0.455. The van der Waals surface area contributed by atoms with Gasteiger partial charge in [-0.15, -0.1) is 0 Å². The number of benzene rings is 1. The molecule has 0 amide bonds.